The van der Waals surface area contributed by atoms with E-state index in [1.165, 1.54) is 11.6 Å². The normalized spacial score (nSPS) is 14.8. The zero-order chi connectivity index (χ0) is 20.8. The van der Waals surface area contributed by atoms with Crippen LogP contribution in [0.25, 0.3) is 17.2 Å². The lowest BCUT2D eigenvalue weighted by molar-refractivity contribution is -0.111. The molecule has 0 radical (unpaired) electrons. The molecule has 0 unspecified atom stereocenters. The lowest BCUT2D eigenvalue weighted by Gasteiger charge is -2.26. The van der Waals surface area contributed by atoms with Crippen molar-refractivity contribution >= 4 is 17.7 Å². The summed E-state index contributed by atoms with van der Waals surface area (Å²) < 4.78 is 7.13. The molecule has 0 aliphatic carbocycles. The van der Waals surface area contributed by atoms with Crippen molar-refractivity contribution < 1.29 is 9.53 Å². The molecule has 0 saturated carbocycles. The number of carbonyl (C=O) groups excluding carboxylic acids is 1. The first-order valence-electron chi connectivity index (χ1n) is 9.98. The van der Waals surface area contributed by atoms with E-state index in [9.17, 15) is 4.79 Å². The largest absolute Gasteiger partial charge is 0.379 e. The monoisotopic (exact) mass is 403 g/mol. The van der Waals surface area contributed by atoms with E-state index < -0.39 is 0 Å². The summed E-state index contributed by atoms with van der Waals surface area (Å²) in [4.78, 5) is 18.9. The number of nitrogens with zero attached hydrogens (tertiary/aromatic N) is 4. The fourth-order valence-corrected chi connectivity index (χ4v) is 3.42. The van der Waals surface area contributed by atoms with Crippen LogP contribution in [0.15, 0.2) is 61.2 Å². The Morgan fingerprint density at radius 3 is 2.70 bits per heavy atom. The first-order chi connectivity index (χ1) is 14.7. The number of hydrogen-bond acceptors (Lipinski definition) is 5. The third-order valence-electron chi connectivity index (χ3n) is 5.01. The number of anilines is 1. The van der Waals surface area contributed by atoms with Crippen molar-refractivity contribution in [3.8, 4) is 11.1 Å². The summed E-state index contributed by atoms with van der Waals surface area (Å²) >= 11 is 0. The van der Waals surface area contributed by atoms with Crippen LogP contribution in [-0.4, -0.2) is 51.9 Å². The fraction of sp³-hybridized carbons (Fsp3) is 0.261. The molecule has 0 spiro atoms. The van der Waals surface area contributed by atoms with E-state index in [0.717, 1.165) is 55.2 Å². The summed E-state index contributed by atoms with van der Waals surface area (Å²) in [6, 6.07) is 9.90. The molecular formula is C23H25N5O2. The van der Waals surface area contributed by atoms with Gasteiger partial charge in [0.05, 0.1) is 19.4 Å². The number of morpholine rings is 1. The Morgan fingerprint density at radius 2 is 1.97 bits per heavy atom. The number of hydrogen-bond donors (Lipinski definition) is 1. The van der Waals surface area contributed by atoms with Crippen LogP contribution < -0.4 is 5.32 Å². The van der Waals surface area contributed by atoms with Crippen LogP contribution in [0.4, 0.5) is 5.69 Å². The highest BCUT2D eigenvalue weighted by Crippen LogP contribution is 2.23. The Balaban J connectivity index is 1.37. The highest BCUT2D eigenvalue weighted by atomic mass is 16.5. The third-order valence-corrected chi connectivity index (χ3v) is 5.01. The van der Waals surface area contributed by atoms with E-state index in [-0.39, 0.29) is 5.91 Å². The molecule has 1 aliphatic heterocycles. The van der Waals surface area contributed by atoms with Gasteiger partial charge in [-0.25, -0.2) is 0 Å². The highest BCUT2D eigenvalue weighted by molar-refractivity contribution is 6.02. The number of aromatic nitrogens is 3. The predicted molar refractivity (Wildman–Crippen MR) is 117 cm³/mol. The Kier molecular flexibility index (Phi) is 6.32. The number of rotatable bonds is 6. The zero-order valence-electron chi connectivity index (χ0n) is 17.0. The van der Waals surface area contributed by atoms with Crippen LogP contribution in [0, 0.1) is 0 Å². The molecule has 154 valence electrons. The number of pyridine rings is 1. The molecule has 1 saturated heterocycles. The van der Waals surface area contributed by atoms with Gasteiger partial charge >= 0.3 is 0 Å². The first kappa shape index (κ1) is 20.0. The summed E-state index contributed by atoms with van der Waals surface area (Å²) in [6.07, 6.45) is 10.5. The minimum atomic E-state index is -0.183. The minimum absolute atomic E-state index is 0.183. The molecule has 0 atom stereocenters. The van der Waals surface area contributed by atoms with Crippen molar-refractivity contribution in [1.82, 2.24) is 19.7 Å². The van der Waals surface area contributed by atoms with E-state index >= 15 is 0 Å². The van der Waals surface area contributed by atoms with Crippen molar-refractivity contribution in [2.75, 3.05) is 31.6 Å². The van der Waals surface area contributed by atoms with Gasteiger partial charge in [0.2, 0.25) is 5.91 Å². The van der Waals surface area contributed by atoms with E-state index in [1.54, 1.807) is 29.3 Å². The summed E-state index contributed by atoms with van der Waals surface area (Å²) in [7, 11) is 1.87. The van der Waals surface area contributed by atoms with E-state index in [4.69, 9.17) is 4.74 Å². The molecule has 7 nitrogen and oxygen atoms in total. The molecule has 7 heteroatoms. The molecule has 4 rings (SSSR count). The van der Waals surface area contributed by atoms with Crippen LogP contribution in [0.2, 0.25) is 0 Å². The van der Waals surface area contributed by atoms with Crippen molar-refractivity contribution in [1.29, 1.82) is 0 Å². The van der Waals surface area contributed by atoms with E-state index in [1.807, 2.05) is 31.4 Å². The minimum Gasteiger partial charge on any atom is -0.379 e. The van der Waals surface area contributed by atoms with Crippen LogP contribution in [-0.2, 0) is 23.1 Å². The summed E-state index contributed by atoms with van der Waals surface area (Å²) in [5.74, 6) is -0.183. The quantitative estimate of drug-likeness (QED) is 0.641. The van der Waals surface area contributed by atoms with Crippen molar-refractivity contribution in [3.63, 3.8) is 0 Å². The smallest absolute Gasteiger partial charge is 0.248 e. The third kappa shape index (κ3) is 5.20. The molecule has 2 aromatic heterocycles. The Hall–Kier alpha value is -3.29. The van der Waals surface area contributed by atoms with Crippen LogP contribution >= 0.6 is 0 Å². The second kappa shape index (κ2) is 9.47. The fourth-order valence-electron chi connectivity index (χ4n) is 3.42. The molecule has 1 aliphatic rings. The highest BCUT2D eigenvalue weighted by Gasteiger charge is 2.10. The number of amides is 1. The molecule has 30 heavy (non-hydrogen) atoms. The maximum Gasteiger partial charge on any atom is 0.248 e. The number of nitrogens with one attached hydrogen (secondary N) is 1. The summed E-state index contributed by atoms with van der Waals surface area (Å²) in [6.45, 7) is 4.40. The zero-order valence-corrected chi connectivity index (χ0v) is 17.0. The van der Waals surface area contributed by atoms with Gasteiger partial charge in [0.25, 0.3) is 0 Å². The number of aryl methyl sites for hydroxylation is 1. The van der Waals surface area contributed by atoms with Gasteiger partial charge in [0, 0.05) is 68.2 Å². The van der Waals surface area contributed by atoms with Crippen LogP contribution in [0.3, 0.4) is 0 Å². The van der Waals surface area contributed by atoms with Gasteiger partial charge in [0.1, 0.15) is 0 Å². The average molecular weight is 403 g/mol. The van der Waals surface area contributed by atoms with Crippen molar-refractivity contribution in [3.05, 3.63) is 72.3 Å². The Labute approximate surface area is 176 Å². The predicted octanol–water partition coefficient (Wildman–Crippen LogP) is 2.97. The van der Waals surface area contributed by atoms with Gasteiger partial charge in [0.15, 0.2) is 0 Å². The van der Waals surface area contributed by atoms with Crippen molar-refractivity contribution in [2.45, 2.75) is 6.54 Å². The number of benzene rings is 1. The van der Waals surface area contributed by atoms with Crippen LogP contribution in [0.1, 0.15) is 11.1 Å². The SMILES string of the molecule is Cn1cc(-c2ccncc2/C=C/C(=O)Nc2ccc(CN3CCOCC3)cc2)cn1. The lowest BCUT2D eigenvalue weighted by atomic mass is 10.0. The maximum absolute atomic E-state index is 12.4. The second-order valence-corrected chi connectivity index (χ2v) is 7.27. The van der Waals surface area contributed by atoms with E-state index in [0.29, 0.717) is 0 Å². The molecular weight excluding hydrogens is 378 g/mol. The molecule has 1 fully saturated rings. The second-order valence-electron chi connectivity index (χ2n) is 7.27. The molecule has 1 aromatic carbocycles. The first-order valence-corrected chi connectivity index (χ1v) is 9.98. The van der Waals surface area contributed by atoms with Gasteiger partial charge in [-0.3, -0.25) is 19.4 Å². The standard InChI is InChI=1S/C23H25N5O2/c1-27-17-20(15-25-27)22-8-9-24-14-19(22)4-7-23(29)26-21-5-2-18(3-6-21)16-28-10-12-30-13-11-28/h2-9,14-15,17H,10-13,16H2,1H3,(H,26,29)/b7-4+. The topological polar surface area (TPSA) is 72.3 Å². The lowest BCUT2D eigenvalue weighted by Crippen LogP contribution is -2.35. The number of ether oxygens (including phenoxy) is 1. The molecule has 3 aromatic rings. The van der Waals surface area contributed by atoms with Gasteiger partial charge < -0.3 is 10.1 Å². The molecule has 1 N–H and O–H groups in total. The van der Waals surface area contributed by atoms with E-state index in [2.05, 4.69) is 32.4 Å². The van der Waals surface area contributed by atoms with Gasteiger partial charge in [-0.05, 0) is 35.4 Å². The van der Waals surface area contributed by atoms with Crippen molar-refractivity contribution in [2.24, 2.45) is 7.05 Å². The number of carbonyl (C=O) groups is 1. The van der Waals surface area contributed by atoms with Gasteiger partial charge in [-0.2, -0.15) is 5.10 Å². The summed E-state index contributed by atoms with van der Waals surface area (Å²) in [5, 5.41) is 7.12. The summed E-state index contributed by atoms with van der Waals surface area (Å²) in [5.41, 5.74) is 4.82. The Bertz CT molecular complexity index is 1020. The molecule has 3 heterocycles. The van der Waals surface area contributed by atoms with Gasteiger partial charge in [-0.1, -0.05) is 12.1 Å². The molecule has 0 bridgehead atoms. The average Bonchev–Trinajstić information content (AvgIpc) is 3.21. The van der Waals surface area contributed by atoms with Crippen LogP contribution in [0.5, 0.6) is 0 Å². The Morgan fingerprint density at radius 1 is 1.17 bits per heavy atom. The maximum atomic E-state index is 12.4. The van der Waals surface area contributed by atoms with Gasteiger partial charge in [-0.15, -0.1) is 0 Å². The molecule has 1 amide bonds.